The molecule has 1 heterocycles. The van der Waals surface area contributed by atoms with Crippen LogP contribution >= 0.6 is 9.19 Å². The zero-order valence-corrected chi connectivity index (χ0v) is 21.9. The van der Waals surface area contributed by atoms with E-state index in [1.54, 1.807) is 0 Å². The second-order valence-electron chi connectivity index (χ2n) is 8.65. The van der Waals surface area contributed by atoms with Gasteiger partial charge in [0.15, 0.2) is 0 Å². The number of halogens is 1. The first-order valence-corrected chi connectivity index (χ1v) is 14.5. The Labute approximate surface area is 194 Å². The van der Waals surface area contributed by atoms with Crippen LogP contribution in [0.2, 0.25) is 0 Å². The number of benzene rings is 2. The van der Waals surface area contributed by atoms with E-state index in [2.05, 4.69) is 113 Å². The molecule has 0 aliphatic carbocycles. The van der Waals surface area contributed by atoms with Crippen LogP contribution in [-0.2, 0) is 18.2 Å². The van der Waals surface area contributed by atoms with Gasteiger partial charge < -0.3 is 0 Å². The molecule has 0 N–H and O–H groups in total. The van der Waals surface area contributed by atoms with Gasteiger partial charge in [-0.25, -0.2) is 0 Å². The van der Waals surface area contributed by atoms with Crippen LogP contribution in [0.3, 0.4) is 0 Å². The van der Waals surface area contributed by atoms with E-state index in [0.29, 0.717) is 17.8 Å². The van der Waals surface area contributed by atoms with Crippen molar-refractivity contribution in [2.45, 2.75) is 66.2 Å². The maximum atomic E-state index is 6.72. The van der Waals surface area contributed by atoms with Crippen molar-refractivity contribution >= 4 is 9.19 Å². The molecule has 166 valence electrons. The van der Waals surface area contributed by atoms with Crippen molar-refractivity contribution in [3.05, 3.63) is 81.1 Å². The Bertz CT molecular complexity index is 1060. The number of para-hydroxylation sites is 2. The Hall–Kier alpha value is -1.45. The molecular formula is C26H33AuClN2-. The second kappa shape index (κ2) is 9.79. The van der Waals surface area contributed by atoms with E-state index >= 15 is 0 Å². The molecule has 0 saturated carbocycles. The van der Waals surface area contributed by atoms with Gasteiger partial charge >= 0.3 is 195 Å². The Morgan fingerprint density at radius 2 is 1.17 bits per heavy atom. The van der Waals surface area contributed by atoms with Gasteiger partial charge in [0.25, 0.3) is 0 Å². The first kappa shape index (κ1) is 23.2. The normalized spacial score (nSPS) is 13.0. The quantitative estimate of drug-likeness (QED) is 0.199. The summed E-state index contributed by atoms with van der Waals surface area (Å²) in [5.74, 6) is 1.32. The van der Waals surface area contributed by atoms with Gasteiger partial charge in [0.05, 0.1) is 0 Å². The Morgan fingerprint density at radius 1 is 0.733 bits per heavy atom. The molecule has 0 amide bonds. The van der Waals surface area contributed by atoms with Crippen molar-refractivity contribution in [3.63, 3.8) is 0 Å². The number of aromatic nitrogens is 2. The first-order chi connectivity index (χ1) is 14.3. The zero-order valence-electron chi connectivity index (χ0n) is 19.0. The van der Waals surface area contributed by atoms with Gasteiger partial charge in [0, 0.05) is 0 Å². The number of imidazole rings is 1. The van der Waals surface area contributed by atoms with E-state index in [1.165, 1.54) is 37.3 Å². The summed E-state index contributed by atoms with van der Waals surface area (Å²) in [7, 11) is 6.72. The van der Waals surface area contributed by atoms with Crippen molar-refractivity contribution in [2.24, 2.45) is 0 Å². The van der Waals surface area contributed by atoms with Crippen LogP contribution < -0.4 is 0 Å². The summed E-state index contributed by atoms with van der Waals surface area (Å²) in [4.78, 5) is 0. The summed E-state index contributed by atoms with van der Waals surface area (Å²) in [5, 5.41) is 0. The number of hydrogen-bond donors (Lipinski definition) is 0. The summed E-state index contributed by atoms with van der Waals surface area (Å²) in [6.45, 7) is 15.7. The van der Waals surface area contributed by atoms with Crippen LogP contribution in [0.15, 0.2) is 48.8 Å². The van der Waals surface area contributed by atoms with E-state index in [9.17, 15) is 0 Å². The average molecular weight is 606 g/mol. The number of nitrogens with zero attached hydrogens (tertiary/aromatic N) is 2. The zero-order chi connectivity index (χ0) is 22.0. The van der Waals surface area contributed by atoms with Crippen LogP contribution in [0.25, 0.3) is 11.4 Å². The summed E-state index contributed by atoms with van der Waals surface area (Å²) in [5.41, 5.74) is 7.90. The van der Waals surface area contributed by atoms with Gasteiger partial charge in [-0.15, -0.1) is 0 Å². The molecule has 0 unspecified atom stereocenters. The van der Waals surface area contributed by atoms with Crippen molar-refractivity contribution in [1.29, 1.82) is 0 Å². The van der Waals surface area contributed by atoms with Gasteiger partial charge in [-0.3, -0.25) is 0 Å². The van der Waals surface area contributed by atoms with E-state index in [-0.39, 0.29) is 0 Å². The maximum absolute atomic E-state index is 6.72. The van der Waals surface area contributed by atoms with E-state index in [4.69, 9.17) is 9.19 Å². The summed E-state index contributed by atoms with van der Waals surface area (Å²) in [6.07, 6.45) is 6.60. The fourth-order valence-electron chi connectivity index (χ4n) is 4.08. The average Bonchev–Trinajstić information content (AvgIpc) is 3.15. The molecule has 30 heavy (non-hydrogen) atoms. The fourth-order valence-corrected chi connectivity index (χ4v) is 6.18. The van der Waals surface area contributed by atoms with Crippen LogP contribution in [0.1, 0.15) is 88.5 Å². The summed E-state index contributed by atoms with van der Waals surface area (Å²) < 4.78 is 5.87. The Morgan fingerprint density at radius 3 is 1.60 bits per heavy atom. The number of rotatable bonds is 6. The van der Waals surface area contributed by atoms with Crippen LogP contribution in [0.4, 0.5) is 0 Å². The molecule has 3 rings (SSSR count). The number of hydrogen-bond acceptors (Lipinski definition) is 0. The Balaban J connectivity index is 2.38. The SMILES string of the molecule is C[CH-]c1cccc(C(C)C)c1-n1ccn(-c2c(C(C)C)cccc2C(C)C)[c]1=[Au][Cl]. The molecule has 4 heteroatoms. The fraction of sp³-hybridized carbons (Fsp3) is 0.385. The minimum atomic E-state index is -0.550. The van der Waals surface area contributed by atoms with E-state index in [1.807, 2.05) is 0 Å². The summed E-state index contributed by atoms with van der Waals surface area (Å²) >= 11 is -0.550. The third-order valence-electron chi connectivity index (χ3n) is 5.63. The predicted molar refractivity (Wildman–Crippen MR) is 126 cm³/mol. The van der Waals surface area contributed by atoms with Gasteiger partial charge in [-0.2, -0.15) is 0 Å². The molecule has 0 fully saturated rings. The standard InChI is InChI=1S/C26H33N2.Au.ClH/c1-8-21-11-9-12-22(18(2)3)25(21)27-15-16-28(17-27)26-23(19(4)5)13-10-14-24(26)20(6)7;;/h8-16,18-20H,1-7H3;;1H/q-1;+1;/p-1. The van der Waals surface area contributed by atoms with Crippen LogP contribution in [-0.4, -0.2) is 9.13 Å². The second-order valence-corrected chi connectivity index (χ2v) is 11.0. The molecule has 1 aromatic heterocycles. The molecule has 0 spiro atoms. The third kappa shape index (κ3) is 4.29. The van der Waals surface area contributed by atoms with Crippen LogP contribution in [0, 0.1) is 10.1 Å². The molecule has 0 atom stereocenters. The van der Waals surface area contributed by atoms with Crippen molar-refractivity contribution in [2.75, 3.05) is 0 Å². The van der Waals surface area contributed by atoms with Gasteiger partial charge in [-0.05, 0) is 0 Å². The Kier molecular flexibility index (Phi) is 7.57. The molecule has 0 aliphatic heterocycles. The molecule has 2 aromatic carbocycles. The third-order valence-corrected chi connectivity index (χ3v) is 7.88. The van der Waals surface area contributed by atoms with Crippen molar-refractivity contribution in [3.8, 4) is 11.4 Å². The molecule has 3 aromatic rings. The molecule has 0 aliphatic rings. The van der Waals surface area contributed by atoms with Crippen molar-refractivity contribution in [1.82, 2.24) is 9.13 Å². The molecule has 0 radical (unpaired) electrons. The monoisotopic (exact) mass is 605 g/mol. The van der Waals surface area contributed by atoms with Crippen molar-refractivity contribution < 1.29 is 18.2 Å². The minimum absolute atomic E-state index is 0.435. The summed E-state index contributed by atoms with van der Waals surface area (Å²) in [6, 6.07) is 13.3. The molecule has 0 saturated heterocycles. The van der Waals surface area contributed by atoms with Gasteiger partial charge in [0.2, 0.25) is 0 Å². The predicted octanol–water partition coefficient (Wildman–Crippen LogP) is 7.98. The van der Waals surface area contributed by atoms with E-state index in [0.717, 1.165) is 0 Å². The topological polar surface area (TPSA) is 9.86 Å². The first-order valence-electron chi connectivity index (χ1n) is 10.7. The molecular weight excluding hydrogens is 573 g/mol. The van der Waals surface area contributed by atoms with E-state index < -0.39 is 18.2 Å². The molecule has 2 nitrogen and oxygen atoms in total. The van der Waals surface area contributed by atoms with Crippen LogP contribution in [0.5, 0.6) is 0 Å². The molecule has 0 bridgehead atoms. The van der Waals surface area contributed by atoms with Gasteiger partial charge in [-0.1, -0.05) is 0 Å². The van der Waals surface area contributed by atoms with Gasteiger partial charge in [0.1, 0.15) is 0 Å².